The highest BCUT2D eigenvalue weighted by Gasteiger charge is 2.18. The predicted molar refractivity (Wildman–Crippen MR) is 86.1 cm³/mol. The minimum absolute atomic E-state index is 0.518. The number of rotatable bonds is 4. The SMILES string of the molecule is CCN1CCCC(CN=C(N)Nc2cccc(C)c2)C1. The minimum atomic E-state index is 0.518. The fraction of sp³-hybridized carbons (Fsp3) is 0.562. The zero-order valence-corrected chi connectivity index (χ0v) is 12.6. The Labute approximate surface area is 122 Å². The molecule has 2 rings (SSSR count). The van der Waals surface area contributed by atoms with E-state index in [0.717, 1.165) is 25.3 Å². The summed E-state index contributed by atoms with van der Waals surface area (Å²) in [6.45, 7) is 8.63. The molecule has 0 radical (unpaired) electrons. The lowest BCUT2D eigenvalue weighted by molar-refractivity contribution is 0.187. The van der Waals surface area contributed by atoms with Crippen molar-refractivity contribution in [1.82, 2.24) is 4.90 Å². The van der Waals surface area contributed by atoms with E-state index in [2.05, 4.69) is 41.2 Å². The third kappa shape index (κ3) is 4.53. The van der Waals surface area contributed by atoms with Crippen LogP contribution in [0.5, 0.6) is 0 Å². The molecular weight excluding hydrogens is 248 g/mol. The van der Waals surface area contributed by atoms with Crippen molar-refractivity contribution in [3.8, 4) is 0 Å². The smallest absolute Gasteiger partial charge is 0.193 e. The summed E-state index contributed by atoms with van der Waals surface area (Å²) in [6.07, 6.45) is 2.54. The van der Waals surface area contributed by atoms with Crippen LogP contribution in [0.1, 0.15) is 25.3 Å². The van der Waals surface area contributed by atoms with Crippen molar-refractivity contribution in [3.05, 3.63) is 29.8 Å². The summed E-state index contributed by atoms with van der Waals surface area (Å²) in [5.41, 5.74) is 8.19. The molecule has 0 saturated carbocycles. The van der Waals surface area contributed by atoms with Crippen LogP contribution in [0.25, 0.3) is 0 Å². The first-order chi connectivity index (χ1) is 9.67. The first-order valence-electron chi connectivity index (χ1n) is 7.53. The zero-order chi connectivity index (χ0) is 14.4. The lowest BCUT2D eigenvalue weighted by Gasteiger charge is -2.30. The van der Waals surface area contributed by atoms with Gasteiger partial charge in [-0.1, -0.05) is 19.1 Å². The number of nitrogens with one attached hydrogen (secondary N) is 1. The van der Waals surface area contributed by atoms with Gasteiger partial charge in [-0.2, -0.15) is 0 Å². The standard InChI is InChI=1S/C16H26N4/c1-3-20-9-5-7-14(12-20)11-18-16(17)19-15-8-4-6-13(2)10-15/h4,6,8,10,14H,3,5,7,9,11-12H2,1-2H3,(H3,17,18,19). The van der Waals surface area contributed by atoms with Crippen LogP contribution in [0, 0.1) is 12.8 Å². The molecule has 110 valence electrons. The number of nitrogens with two attached hydrogens (primary N) is 1. The summed E-state index contributed by atoms with van der Waals surface area (Å²) >= 11 is 0. The molecule has 1 fully saturated rings. The third-order valence-electron chi connectivity index (χ3n) is 3.86. The Morgan fingerprint density at radius 2 is 2.35 bits per heavy atom. The van der Waals surface area contributed by atoms with Gasteiger partial charge in [-0.3, -0.25) is 4.99 Å². The summed E-state index contributed by atoms with van der Waals surface area (Å²) in [6, 6.07) is 8.17. The number of aliphatic imine (C=N–C) groups is 1. The molecule has 0 aromatic heterocycles. The van der Waals surface area contributed by atoms with E-state index in [1.54, 1.807) is 0 Å². The van der Waals surface area contributed by atoms with Crippen LogP contribution in [0.4, 0.5) is 5.69 Å². The molecule has 0 aliphatic carbocycles. The maximum absolute atomic E-state index is 5.97. The molecule has 4 nitrogen and oxygen atoms in total. The summed E-state index contributed by atoms with van der Waals surface area (Å²) in [4.78, 5) is 6.99. The number of piperidine rings is 1. The molecular formula is C16H26N4. The van der Waals surface area contributed by atoms with Gasteiger partial charge in [0, 0.05) is 18.8 Å². The molecule has 1 heterocycles. The largest absolute Gasteiger partial charge is 0.370 e. The molecule has 1 aromatic carbocycles. The molecule has 0 bridgehead atoms. The molecule has 0 spiro atoms. The number of aryl methyl sites for hydroxylation is 1. The van der Waals surface area contributed by atoms with Crippen LogP contribution in [-0.4, -0.2) is 37.0 Å². The van der Waals surface area contributed by atoms with E-state index in [-0.39, 0.29) is 0 Å². The van der Waals surface area contributed by atoms with Crippen molar-refractivity contribution in [2.24, 2.45) is 16.6 Å². The summed E-state index contributed by atoms with van der Waals surface area (Å²) < 4.78 is 0. The second kappa shape index (κ2) is 7.29. The molecule has 4 heteroatoms. The number of benzene rings is 1. The van der Waals surface area contributed by atoms with E-state index < -0.39 is 0 Å². The third-order valence-corrected chi connectivity index (χ3v) is 3.86. The van der Waals surface area contributed by atoms with Gasteiger partial charge in [0.2, 0.25) is 0 Å². The zero-order valence-electron chi connectivity index (χ0n) is 12.6. The van der Waals surface area contributed by atoms with Gasteiger partial charge in [0.15, 0.2) is 5.96 Å². The Bertz CT molecular complexity index is 456. The van der Waals surface area contributed by atoms with Crippen LogP contribution in [-0.2, 0) is 0 Å². The predicted octanol–water partition coefficient (Wildman–Crippen LogP) is 2.45. The van der Waals surface area contributed by atoms with Gasteiger partial charge in [-0.25, -0.2) is 0 Å². The Morgan fingerprint density at radius 1 is 1.50 bits per heavy atom. The summed E-state index contributed by atoms with van der Waals surface area (Å²) in [7, 11) is 0. The fourth-order valence-corrected chi connectivity index (χ4v) is 2.73. The molecule has 1 unspecified atom stereocenters. The van der Waals surface area contributed by atoms with Gasteiger partial charge in [-0.15, -0.1) is 0 Å². The topological polar surface area (TPSA) is 53.6 Å². The van der Waals surface area contributed by atoms with Gasteiger partial charge in [0.25, 0.3) is 0 Å². The molecule has 1 saturated heterocycles. The van der Waals surface area contributed by atoms with Gasteiger partial charge >= 0.3 is 0 Å². The summed E-state index contributed by atoms with van der Waals surface area (Å²) in [5.74, 6) is 1.16. The Kier molecular flexibility index (Phi) is 5.41. The highest BCUT2D eigenvalue weighted by molar-refractivity contribution is 5.92. The lowest BCUT2D eigenvalue weighted by atomic mass is 9.98. The molecule has 0 amide bonds. The molecule has 20 heavy (non-hydrogen) atoms. The Balaban J connectivity index is 1.84. The highest BCUT2D eigenvalue weighted by atomic mass is 15.1. The average Bonchev–Trinajstić information content (AvgIpc) is 2.45. The maximum Gasteiger partial charge on any atom is 0.193 e. The quantitative estimate of drug-likeness (QED) is 0.655. The molecule has 1 aromatic rings. The first-order valence-corrected chi connectivity index (χ1v) is 7.53. The van der Waals surface area contributed by atoms with Gasteiger partial charge in [-0.05, 0) is 56.5 Å². The molecule has 1 atom stereocenters. The lowest BCUT2D eigenvalue weighted by Crippen LogP contribution is -2.36. The number of guanidine groups is 1. The van der Waals surface area contributed by atoms with Crippen molar-refractivity contribution < 1.29 is 0 Å². The van der Waals surface area contributed by atoms with E-state index in [9.17, 15) is 0 Å². The van der Waals surface area contributed by atoms with Gasteiger partial charge in [0.05, 0.1) is 0 Å². The highest BCUT2D eigenvalue weighted by Crippen LogP contribution is 2.16. The Hall–Kier alpha value is -1.55. The van der Waals surface area contributed by atoms with Crippen molar-refractivity contribution in [2.45, 2.75) is 26.7 Å². The second-order valence-corrected chi connectivity index (χ2v) is 5.62. The maximum atomic E-state index is 5.97. The average molecular weight is 274 g/mol. The number of nitrogens with zero attached hydrogens (tertiary/aromatic N) is 2. The van der Waals surface area contributed by atoms with Crippen LogP contribution < -0.4 is 11.1 Å². The van der Waals surface area contributed by atoms with Crippen molar-refractivity contribution in [3.63, 3.8) is 0 Å². The number of hydrogen-bond donors (Lipinski definition) is 2. The summed E-state index contributed by atoms with van der Waals surface area (Å²) in [5, 5.41) is 3.16. The van der Waals surface area contributed by atoms with Crippen molar-refractivity contribution in [2.75, 3.05) is 31.5 Å². The van der Waals surface area contributed by atoms with E-state index in [4.69, 9.17) is 5.73 Å². The van der Waals surface area contributed by atoms with E-state index in [1.165, 1.54) is 24.9 Å². The minimum Gasteiger partial charge on any atom is -0.370 e. The van der Waals surface area contributed by atoms with Crippen molar-refractivity contribution >= 4 is 11.6 Å². The molecule has 1 aliphatic heterocycles. The molecule has 1 aliphatic rings. The Morgan fingerprint density at radius 3 is 3.10 bits per heavy atom. The van der Waals surface area contributed by atoms with Gasteiger partial charge < -0.3 is 16.0 Å². The number of hydrogen-bond acceptors (Lipinski definition) is 2. The van der Waals surface area contributed by atoms with E-state index in [1.807, 2.05) is 12.1 Å². The second-order valence-electron chi connectivity index (χ2n) is 5.62. The van der Waals surface area contributed by atoms with E-state index in [0.29, 0.717) is 11.9 Å². The molecule has 3 N–H and O–H groups in total. The fourth-order valence-electron chi connectivity index (χ4n) is 2.73. The van der Waals surface area contributed by atoms with Crippen LogP contribution in [0.3, 0.4) is 0 Å². The normalized spacial score (nSPS) is 20.9. The monoisotopic (exact) mass is 274 g/mol. The van der Waals surface area contributed by atoms with Crippen LogP contribution >= 0.6 is 0 Å². The first kappa shape index (κ1) is 14.9. The number of likely N-dealkylation sites (tertiary alicyclic amines) is 1. The van der Waals surface area contributed by atoms with Gasteiger partial charge in [0.1, 0.15) is 0 Å². The van der Waals surface area contributed by atoms with Crippen molar-refractivity contribution in [1.29, 1.82) is 0 Å². The van der Waals surface area contributed by atoms with E-state index >= 15 is 0 Å². The number of anilines is 1. The van der Waals surface area contributed by atoms with Crippen LogP contribution in [0.15, 0.2) is 29.3 Å². The van der Waals surface area contributed by atoms with Crippen LogP contribution in [0.2, 0.25) is 0 Å².